The molecule has 350 valence electrons. The van der Waals surface area contributed by atoms with Crippen molar-refractivity contribution in [3.8, 4) is 51.5 Å². The summed E-state index contributed by atoms with van der Waals surface area (Å²) in [5.41, 5.74) is 18.5. The lowest BCUT2D eigenvalue weighted by atomic mass is 9.82. The minimum absolute atomic E-state index is 0.245. The molecule has 0 unspecified atom stereocenters. The third-order valence-corrected chi connectivity index (χ3v) is 16.8. The summed E-state index contributed by atoms with van der Waals surface area (Å²) in [7, 11) is 0. The molecule has 0 aliphatic heterocycles. The highest BCUT2D eigenvalue weighted by atomic mass is 16.3. The molecule has 16 rings (SSSR count). The van der Waals surface area contributed by atoms with Crippen molar-refractivity contribution in [3.63, 3.8) is 0 Å². The van der Waals surface area contributed by atoms with Crippen LogP contribution < -0.4 is 0 Å². The Bertz CT molecular complexity index is 4750. The van der Waals surface area contributed by atoms with Crippen LogP contribution in [0.4, 0.5) is 0 Å². The summed E-state index contributed by atoms with van der Waals surface area (Å²) in [6.07, 6.45) is 6.42. The van der Waals surface area contributed by atoms with Gasteiger partial charge >= 0.3 is 0 Å². The highest BCUT2D eigenvalue weighted by Crippen LogP contribution is 2.54. The molecular formula is C69H43N5O. The first-order chi connectivity index (χ1) is 36.9. The molecule has 0 atom stereocenters. The molecule has 2 aliphatic rings. The second-order valence-corrected chi connectivity index (χ2v) is 20.8. The average Bonchev–Trinajstić information content (AvgIpc) is 4.28. The average molecular weight is 958 g/mol. The van der Waals surface area contributed by atoms with Crippen LogP contribution in [0.1, 0.15) is 53.6 Å². The van der Waals surface area contributed by atoms with Gasteiger partial charge in [0.25, 0.3) is 0 Å². The van der Waals surface area contributed by atoms with E-state index in [9.17, 15) is 10.5 Å². The van der Waals surface area contributed by atoms with Gasteiger partial charge in [-0.05, 0) is 100 Å². The molecule has 0 saturated heterocycles. The fourth-order valence-electron chi connectivity index (χ4n) is 13.6. The third-order valence-electron chi connectivity index (χ3n) is 16.8. The SMILES string of the molecule is CC1(C)c2ccccc2-c2cc(-c3c(-n4c5ccccc5c5ccccc54)c(C#N)c(-n4c5cc6oc7ccccc7c6cc5c5c6c(ccc54)CCC=C6)c(C#N)c3-n3c4ccccc4c4ccccc43)ccc21. The number of hydrogen-bond acceptors (Lipinski definition) is 3. The van der Waals surface area contributed by atoms with Crippen molar-refractivity contribution in [2.24, 2.45) is 0 Å². The molecule has 0 radical (unpaired) electrons. The van der Waals surface area contributed by atoms with Crippen molar-refractivity contribution in [2.45, 2.75) is 32.1 Å². The van der Waals surface area contributed by atoms with Gasteiger partial charge in [0.2, 0.25) is 0 Å². The third kappa shape index (κ3) is 5.45. The zero-order valence-electron chi connectivity index (χ0n) is 41.1. The zero-order chi connectivity index (χ0) is 49.8. The molecule has 6 heteroatoms. The van der Waals surface area contributed by atoms with Crippen LogP contribution in [0.15, 0.2) is 199 Å². The Morgan fingerprint density at radius 1 is 0.453 bits per heavy atom. The Labute approximate surface area is 431 Å². The first-order valence-electron chi connectivity index (χ1n) is 25.8. The van der Waals surface area contributed by atoms with Crippen LogP contribution in [0, 0.1) is 22.7 Å². The summed E-state index contributed by atoms with van der Waals surface area (Å²) in [4.78, 5) is 0. The molecule has 0 N–H and O–H groups in total. The number of furan rings is 1. The predicted molar refractivity (Wildman–Crippen MR) is 307 cm³/mol. The summed E-state index contributed by atoms with van der Waals surface area (Å²) in [6, 6.07) is 72.5. The topological polar surface area (TPSA) is 75.5 Å². The summed E-state index contributed by atoms with van der Waals surface area (Å²) >= 11 is 0. The van der Waals surface area contributed by atoms with Gasteiger partial charge in [0.05, 0.1) is 50.2 Å². The van der Waals surface area contributed by atoms with Gasteiger partial charge in [-0.15, -0.1) is 0 Å². The summed E-state index contributed by atoms with van der Waals surface area (Å²) in [5.74, 6) is 0. The molecule has 0 bridgehead atoms. The normalized spacial score (nSPS) is 13.7. The maximum atomic E-state index is 12.5. The molecule has 14 aromatic rings. The predicted octanol–water partition coefficient (Wildman–Crippen LogP) is 17.6. The lowest BCUT2D eigenvalue weighted by molar-refractivity contribution is 0.660. The Kier molecular flexibility index (Phi) is 8.39. The molecule has 6 nitrogen and oxygen atoms in total. The number of allylic oxidation sites excluding steroid dienone is 1. The Morgan fingerprint density at radius 3 is 1.63 bits per heavy atom. The van der Waals surface area contributed by atoms with E-state index < -0.39 is 0 Å². The van der Waals surface area contributed by atoms with E-state index in [1.54, 1.807) is 0 Å². The highest BCUT2D eigenvalue weighted by Gasteiger charge is 2.38. The van der Waals surface area contributed by atoms with Gasteiger partial charge < -0.3 is 18.1 Å². The van der Waals surface area contributed by atoms with Crippen LogP contribution in [0.25, 0.3) is 133 Å². The van der Waals surface area contributed by atoms with Crippen LogP contribution in [0.3, 0.4) is 0 Å². The molecular weight excluding hydrogens is 915 g/mol. The van der Waals surface area contributed by atoms with Gasteiger partial charge in [-0.3, -0.25) is 0 Å². The monoisotopic (exact) mass is 957 g/mol. The molecule has 10 aromatic carbocycles. The van der Waals surface area contributed by atoms with E-state index in [-0.39, 0.29) is 5.41 Å². The first-order valence-corrected chi connectivity index (χ1v) is 25.8. The van der Waals surface area contributed by atoms with Crippen LogP contribution in [0.2, 0.25) is 0 Å². The summed E-state index contributed by atoms with van der Waals surface area (Å²) < 4.78 is 13.6. The minimum atomic E-state index is -0.245. The summed E-state index contributed by atoms with van der Waals surface area (Å²) in [5, 5.41) is 33.5. The van der Waals surface area contributed by atoms with Crippen molar-refractivity contribution in [2.75, 3.05) is 0 Å². The Morgan fingerprint density at radius 2 is 1.00 bits per heavy atom. The maximum absolute atomic E-state index is 12.5. The molecule has 4 heterocycles. The van der Waals surface area contributed by atoms with Crippen molar-refractivity contribution in [1.82, 2.24) is 13.7 Å². The van der Waals surface area contributed by atoms with Crippen LogP contribution in [-0.2, 0) is 11.8 Å². The van der Waals surface area contributed by atoms with Crippen molar-refractivity contribution >= 4 is 93.4 Å². The zero-order valence-corrected chi connectivity index (χ0v) is 41.1. The van der Waals surface area contributed by atoms with Gasteiger partial charge in [0, 0.05) is 60.1 Å². The second-order valence-electron chi connectivity index (χ2n) is 20.8. The largest absolute Gasteiger partial charge is 0.456 e. The fraction of sp³-hybridized carbons (Fsp3) is 0.0725. The first kappa shape index (κ1) is 41.7. The van der Waals surface area contributed by atoms with Gasteiger partial charge in [0.15, 0.2) is 0 Å². The molecule has 0 spiro atoms. The van der Waals surface area contributed by atoms with Gasteiger partial charge in [-0.2, -0.15) is 10.5 Å². The van der Waals surface area contributed by atoms with E-state index in [2.05, 4.69) is 228 Å². The lowest BCUT2D eigenvalue weighted by Gasteiger charge is -2.27. The van der Waals surface area contributed by atoms with E-state index >= 15 is 0 Å². The number of nitriles is 2. The van der Waals surface area contributed by atoms with Crippen molar-refractivity contribution in [1.29, 1.82) is 10.5 Å². The van der Waals surface area contributed by atoms with E-state index in [4.69, 9.17) is 4.42 Å². The smallest absolute Gasteiger partial charge is 0.137 e. The minimum Gasteiger partial charge on any atom is -0.456 e. The number of para-hydroxylation sites is 5. The van der Waals surface area contributed by atoms with Gasteiger partial charge in [-0.1, -0.05) is 159 Å². The van der Waals surface area contributed by atoms with Crippen LogP contribution in [-0.4, -0.2) is 13.7 Å². The van der Waals surface area contributed by atoms with E-state index in [0.717, 1.165) is 122 Å². The fourth-order valence-corrected chi connectivity index (χ4v) is 13.6. The highest BCUT2D eigenvalue weighted by molar-refractivity contribution is 6.21. The Balaban J connectivity index is 1.18. The molecule has 0 saturated carbocycles. The molecule has 0 amide bonds. The standard InChI is InChI=1S/C69H43N5O/c1-69(2)54-25-11-5-19-43(54)49-35-41(31-33-55(49)69)64-67(72-56-26-12-6-20-44(56)45-21-7-13-27-57(45)72)52(38-70)66(53(39-71)68(64)73-58-28-14-8-22-46(58)47-23-9-15-29-59(47)73)74-60-34-32-40-17-3-4-18-42(40)65(60)51-36-50-48-24-10-16-30-62(48)75-63(50)37-61(51)74/h4-16,18-37H,3,17H2,1-2H3. The van der Waals surface area contributed by atoms with Gasteiger partial charge in [0.1, 0.15) is 34.4 Å². The lowest BCUT2D eigenvalue weighted by Crippen LogP contribution is -2.15. The summed E-state index contributed by atoms with van der Waals surface area (Å²) in [6.45, 7) is 4.61. The van der Waals surface area contributed by atoms with Crippen LogP contribution >= 0.6 is 0 Å². The van der Waals surface area contributed by atoms with Crippen molar-refractivity contribution in [3.05, 3.63) is 228 Å². The number of aryl methyl sites for hydroxylation is 1. The molecule has 75 heavy (non-hydrogen) atoms. The molecule has 2 aliphatic carbocycles. The van der Waals surface area contributed by atoms with E-state index in [1.807, 2.05) is 12.1 Å². The number of hydrogen-bond donors (Lipinski definition) is 0. The van der Waals surface area contributed by atoms with E-state index in [1.165, 1.54) is 22.3 Å². The number of rotatable bonds is 4. The Hall–Kier alpha value is -9.88. The number of fused-ring (bicyclic) bond motifs is 17. The number of aromatic nitrogens is 3. The second kappa shape index (κ2) is 15.1. The van der Waals surface area contributed by atoms with Crippen molar-refractivity contribution < 1.29 is 4.42 Å². The van der Waals surface area contributed by atoms with Crippen LogP contribution in [0.5, 0.6) is 0 Å². The number of nitrogens with zero attached hydrogens (tertiary/aromatic N) is 5. The maximum Gasteiger partial charge on any atom is 0.137 e. The number of benzene rings is 10. The quantitative estimate of drug-likeness (QED) is 0.176. The molecule has 0 fully saturated rings. The van der Waals surface area contributed by atoms with E-state index in [0.29, 0.717) is 28.2 Å². The van der Waals surface area contributed by atoms with Gasteiger partial charge in [-0.25, -0.2) is 0 Å². The molecule has 4 aromatic heterocycles.